The van der Waals surface area contributed by atoms with E-state index in [4.69, 9.17) is 0 Å². The van der Waals surface area contributed by atoms with Gasteiger partial charge >= 0.3 is 6.03 Å². The van der Waals surface area contributed by atoms with Crippen LogP contribution in [-0.4, -0.2) is 52.6 Å². The van der Waals surface area contributed by atoms with Crippen molar-refractivity contribution in [2.75, 3.05) is 13.1 Å². The maximum absolute atomic E-state index is 11.9. The predicted molar refractivity (Wildman–Crippen MR) is 72.9 cm³/mol. The first-order valence-corrected chi connectivity index (χ1v) is 6.86. The highest BCUT2D eigenvalue weighted by Crippen LogP contribution is 2.16. The van der Waals surface area contributed by atoms with Gasteiger partial charge in [0.25, 0.3) is 5.91 Å². The quantitative estimate of drug-likeness (QED) is 0.573. The van der Waals surface area contributed by atoms with Crippen LogP contribution in [0.5, 0.6) is 0 Å². The lowest BCUT2D eigenvalue weighted by Gasteiger charge is -2.16. The topological polar surface area (TPSA) is 98.7 Å². The number of rotatable bonds is 7. The number of hydrogen-bond donors (Lipinski definition) is 3. The molecule has 20 heavy (non-hydrogen) atoms. The fourth-order valence-corrected chi connectivity index (χ4v) is 1.99. The third-order valence-corrected chi connectivity index (χ3v) is 3.16. The van der Waals surface area contributed by atoms with Crippen molar-refractivity contribution >= 4 is 17.8 Å². The summed E-state index contributed by atoms with van der Waals surface area (Å²) in [6, 6.07) is -0.473. The molecule has 7 heteroatoms. The standard InChI is InChI=1S/C13H23N3O4/c1-4-5-9(17)8-14-10(18)6-7-16-11(19)13(2,3)15-12(16)20/h9,17H,4-8H2,1-3H3,(H,14,18)(H,15,20). The van der Waals surface area contributed by atoms with Crippen LogP contribution in [0.3, 0.4) is 0 Å². The van der Waals surface area contributed by atoms with E-state index in [-0.39, 0.29) is 31.3 Å². The van der Waals surface area contributed by atoms with Gasteiger partial charge in [0.05, 0.1) is 6.10 Å². The van der Waals surface area contributed by atoms with Crippen molar-refractivity contribution in [1.29, 1.82) is 0 Å². The fraction of sp³-hybridized carbons (Fsp3) is 0.769. The zero-order valence-electron chi connectivity index (χ0n) is 12.2. The molecule has 114 valence electrons. The molecular formula is C13H23N3O4. The van der Waals surface area contributed by atoms with Crippen LogP contribution in [0.15, 0.2) is 0 Å². The highest BCUT2D eigenvalue weighted by atomic mass is 16.3. The number of nitrogens with one attached hydrogen (secondary N) is 2. The number of imide groups is 1. The molecular weight excluding hydrogens is 262 g/mol. The zero-order valence-corrected chi connectivity index (χ0v) is 12.2. The lowest BCUT2D eigenvalue weighted by Crippen LogP contribution is -2.41. The van der Waals surface area contributed by atoms with Crippen LogP contribution >= 0.6 is 0 Å². The first-order valence-electron chi connectivity index (χ1n) is 6.86. The molecule has 0 radical (unpaired) electrons. The van der Waals surface area contributed by atoms with Gasteiger partial charge < -0.3 is 15.7 Å². The van der Waals surface area contributed by atoms with Crippen molar-refractivity contribution in [3.8, 4) is 0 Å². The normalized spacial score (nSPS) is 18.9. The second kappa shape index (κ2) is 6.69. The fourth-order valence-electron chi connectivity index (χ4n) is 1.99. The Morgan fingerprint density at radius 1 is 1.45 bits per heavy atom. The molecule has 3 N–H and O–H groups in total. The highest BCUT2D eigenvalue weighted by Gasteiger charge is 2.43. The largest absolute Gasteiger partial charge is 0.391 e. The predicted octanol–water partition coefficient (Wildman–Crippen LogP) is -0.0159. The molecule has 1 saturated heterocycles. The SMILES string of the molecule is CCCC(O)CNC(=O)CCN1C(=O)NC(C)(C)C1=O. The molecule has 0 saturated carbocycles. The maximum atomic E-state index is 11.9. The van der Waals surface area contributed by atoms with Crippen molar-refractivity contribution in [3.05, 3.63) is 0 Å². The van der Waals surface area contributed by atoms with Gasteiger partial charge in [-0.2, -0.15) is 0 Å². The van der Waals surface area contributed by atoms with E-state index in [9.17, 15) is 19.5 Å². The van der Waals surface area contributed by atoms with Crippen molar-refractivity contribution in [2.24, 2.45) is 0 Å². The number of carbonyl (C=O) groups excluding carboxylic acids is 3. The summed E-state index contributed by atoms with van der Waals surface area (Å²) in [6.45, 7) is 5.43. The monoisotopic (exact) mass is 285 g/mol. The Hall–Kier alpha value is -1.63. The van der Waals surface area contributed by atoms with Gasteiger partial charge in [0.1, 0.15) is 5.54 Å². The van der Waals surface area contributed by atoms with Gasteiger partial charge in [0, 0.05) is 19.5 Å². The number of carbonyl (C=O) groups is 3. The number of aliphatic hydroxyl groups excluding tert-OH is 1. The van der Waals surface area contributed by atoms with Gasteiger partial charge in [0.2, 0.25) is 5.91 Å². The minimum atomic E-state index is -0.912. The molecule has 1 fully saturated rings. The first kappa shape index (κ1) is 16.4. The van der Waals surface area contributed by atoms with Crippen LogP contribution in [0.25, 0.3) is 0 Å². The molecule has 1 aliphatic rings. The van der Waals surface area contributed by atoms with Gasteiger partial charge in [-0.05, 0) is 20.3 Å². The van der Waals surface area contributed by atoms with Crippen LogP contribution in [0.2, 0.25) is 0 Å². The lowest BCUT2D eigenvalue weighted by molar-refractivity contribution is -0.130. The molecule has 1 aliphatic heterocycles. The van der Waals surface area contributed by atoms with Gasteiger partial charge in [-0.1, -0.05) is 13.3 Å². The number of aliphatic hydroxyl groups is 1. The average Bonchev–Trinajstić information content (AvgIpc) is 2.54. The summed E-state index contributed by atoms with van der Waals surface area (Å²) in [4.78, 5) is 36.1. The summed E-state index contributed by atoms with van der Waals surface area (Å²) in [5, 5.41) is 14.6. The van der Waals surface area contributed by atoms with Gasteiger partial charge in [-0.15, -0.1) is 0 Å². The summed E-state index contributed by atoms with van der Waals surface area (Å²) in [6.07, 6.45) is 0.948. The van der Waals surface area contributed by atoms with Gasteiger partial charge in [0.15, 0.2) is 0 Å². The minimum Gasteiger partial charge on any atom is -0.391 e. The maximum Gasteiger partial charge on any atom is 0.325 e. The van der Waals surface area contributed by atoms with Crippen LogP contribution in [0, 0.1) is 0 Å². The van der Waals surface area contributed by atoms with Crippen LogP contribution < -0.4 is 10.6 Å². The Kier molecular flexibility index (Phi) is 5.50. The number of nitrogens with zero attached hydrogens (tertiary/aromatic N) is 1. The molecule has 0 aromatic rings. The Labute approximate surface area is 118 Å². The van der Waals surface area contributed by atoms with Crippen molar-refractivity contribution in [1.82, 2.24) is 15.5 Å². The summed E-state index contributed by atoms with van der Waals surface area (Å²) >= 11 is 0. The van der Waals surface area contributed by atoms with E-state index in [0.717, 1.165) is 11.3 Å². The molecule has 4 amide bonds. The first-order chi connectivity index (χ1) is 9.27. The smallest absolute Gasteiger partial charge is 0.325 e. The van der Waals surface area contributed by atoms with Crippen molar-refractivity contribution in [3.63, 3.8) is 0 Å². The van der Waals surface area contributed by atoms with Crippen LogP contribution in [-0.2, 0) is 9.59 Å². The second-order valence-corrected chi connectivity index (χ2v) is 5.51. The van der Waals surface area contributed by atoms with E-state index >= 15 is 0 Å². The van der Waals surface area contributed by atoms with Crippen LogP contribution in [0.4, 0.5) is 4.79 Å². The van der Waals surface area contributed by atoms with Gasteiger partial charge in [-0.25, -0.2) is 4.79 Å². The van der Waals surface area contributed by atoms with E-state index < -0.39 is 17.7 Å². The molecule has 0 aromatic heterocycles. The van der Waals surface area contributed by atoms with E-state index in [1.165, 1.54) is 0 Å². The third-order valence-electron chi connectivity index (χ3n) is 3.16. The zero-order chi connectivity index (χ0) is 15.3. The molecule has 0 aromatic carbocycles. The molecule has 1 unspecified atom stereocenters. The Morgan fingerprint density at radius 3 is 2.60 bits per heavy atom. The van der Waals surface area contributed by atoms with E-state index in [1.54, 1.807) is 13.8 Å². The molecule has 1 atom stereocenters. The molecule has 1 rings (SSSR count). The minimum absolute atomic E-state index is 0.0358. The Balaban J connectivity index is 2.35. The van der Waals surface area contributed by atoms with Crippen molar-refractivity contribution < 1.29 is 19.5 Å². The Bertz CT molecular complexity index is 395. The third kappa shape index (κ3) is 4.19. The molecule has 1 heterocycles. The molecule has 0 bridgehead atoms. The average molecular weight is 285 g/mol. The highest BCUT2D eigenvalue weighted by molar-refractivity contribution is 6.06. The molecule has 0 spiro atoms. The summed E-state index contributed by atoms with van der Waals surface area (Å²) in [5.41, 5.74) is -0.912. The van der Waals surface area contributed by atoms with E-state index in [1.807, 2.05) is 6.92 Å². The molecule has 0 aliphatic carbocycles. The summed E-state index contributed by atoms with van der Waals surface area (Å²) < 4.78 is 0. The second-order valence-electron chi connectivity index (χ2n) is 5.51. The lowest BCUT2D eigenvalue weighted by atomic mass is 10.1. The summed E-state index contributed by atoms with van der Waals surface area (Å²) in [7, 11) is 0. The van der Waals surface area contributed by atoms with E-state index in [2.05, 4.69) is 10.6 Å². The Morgan fingerprint density at radius 2 is 2.10 bits per heavy atom. The number of amides is 4. The number of hydrogen-bond acceptors (Lipinski definition) is 4. The van der Waals surface area contributed by atoms with Crippen LogP contribution in [0.1, 0.15) is 40.0 Å². The summed E-state index contributed by atoms with van der Waals surface area (Å²) in [5.74, 6) is -0.619. The van der Waals surface area contributed by atoms with Crippen molar-refractivity contribution in [2.45, 2.75) is 51.7 Å². The number of urea groups is 1. The van der Waals surface area contributed by atoms with Gasteiger partial charge in [-0.3, -0.25) is 14.5 Å². The molecule has 7 nitrogen and oxygen atoms in total. The van der Waals surface area contributed by atoms with E-state index in [0.29, 0.717) is 6.42 Å².